The van der Waals surface area contributed by atoms with Gasteiger partial charge < -0.3 is 11.1 Å². The van der Waals surface area contributed by atoms with Crippen molar-refractivity contribution in [2.24, 2.45) is 0 Å². The van der Waals surface area contributed by atoms with Crippen molar-refractivity contribution in [2.45, 2.75) is 32.1 Å². The number of nitrogen functional groups attached to an aromatic ring is 1. The van der Waals surface area contributed by atoms with Gasteiger partial charge in [0.05, 0.1) is 5.75 Å². The van der Waals surface area contributed by atoms with E-state index in [-0.39, 0.29) is 30.7 Å². The minimum atomic E-state index is -3.44. The van der Waals surface area contributed by atoms with Crippen LogP contribution in [0.2, 0.25) is 0 Å². The Balaban J connectivity index is 2.42. The molecule has 112 valence electrons. The standard InChI is InChI=1S/C13H21N3O3S/c1-10(2)16-13(17)7-8-15-20(18,19)9-11-3-5-12(14)6-4-11/h3-6,10,15H,7-9,14H2,1-2H3,(H,16,17). The first-order valence-electron chi connectivity index (χ1n) is 6.39. The van der Waals surface area contributed by atoms with Crippen molar-refractivity contribution in [3.05, 3.63) is 29.8 Å². The van der Waals surface area contributed by atoms with Crippen LogP contribution in [0.25, 0.3) is 0 Å². The number of nitrogens with two attached hydrogens (primary N) is 1. The monoisotopic (exact) mass is 299 g/mol. The van der Waals surface area contributed by atoms with Crippen LogP contribution < -0.4 is 15.8 Å². The van der Waals surface area contributed by atoms with Crippen LogP contribution in [0.4, 0.5) is 5.69 Å². The highest BCUT2D eigenvalue weighted by molar-refractivity contribution is 7.88. The molecule has 0 radical (unpaired) electrons. The molecule has 0 atom stereocenters. The van der Waals surface area contributed by atoms with Gasteiger partial charge in [-0.25, -0.2) is 13.1 Å². The molecule has 0 saturated heterocycles. The molecule has 0 spiro atoms. The Morgan fingerprint density at radius 3 is 2.40 bits per heavy atom. The van der Waals surface area contributed by atoms with Gasteiger partial charge in [0.2, 0.25) is 15.9 Å². The third kappa shape index (κ3) is 6.53. The number of sulfonamides is 1. The van der Waals surface area contributed by atoms with E-state index in [9.17, 15) is 13.2 Å². The lowest BCUT2D eigenvalue weighted by Crippen LogP contribution is -2.34. The van der Waals surface area contributed by atoms with Gasteiger partial charge in [0.15, 0.2) is 0 Å². The van der Waals surface area contributed by atoms with Gasteiger partial charge in [0, 0.05) is 24.7 Å². The number of hydrogen-bond donors (Lipinski definition) is 3. The number of carbonyl (C=O) groups excluding carboxylic acids is 1. The van der Waals surface area contributed by atoms with Crippen molar-refractivity contribution in [1.82, 2.24) is 10.0 Å². The zero-order valence-corrected chi connectivity index (χ0v) is 12.5. The molecule has 0 aliphatic carbocycles. The smallest absolute Gasteiger partial charge is 0.221 e. The van der Waals surface area contributed by atoms with Crippen LogP contribution in [0.5, 0.6) is 0 Å². The van der Waals surface area contributed by atoms with Crippen LogP contribution in [0, 0.1) is 0 Å². The Hall–Kier alpha value is -1.60. The van der Waals surface area contributed by atoms with E-state index in [0.717, 1.165) is 0 Å². The summed E-state index contributed by atoms with van der Waals surface area (Å²) in [6.45, 7) is 3.79. The summed E-state index contributed by atoms with van der Waals surface area (Å²) in [5, 5.41) is 2.70. The van der Waals surface area contributed by atoms with Crippen molar-refractivity contribution in [3.8, 4) is 0 Å². The van der Waals surface area contributed by atoms with Crippen LogP contribution in [-0.4, -0.2) is 26.9 Å². The van der Waals surface area contributed by atoms with E-state index >= 15 is 0 Å². The van der Waals surface area contributed by atoms with Crippen LogP contribution in [0.3, 0.4) is 0 Å². The summed E-state index contributed by atoms with van der Waals surface area (Å²) < 4.78 is 26.0. The van der Waals surface area contributed by atoms with E-state index < -0.39 is 10.0 Å². The zero-order chi connectivity index (χ0) is 15.2. The topological polar surface area (TPSA) is 101 Å². The Morgan fingerprint density at radius 1 is 1.25 bits per heavy atom. The molecule has 0 saturated carbocycles. The highest BCUT2D eigenvalue weighted by Crippen LogP contribution is 2.08. The van der Waals surface area contributed by atoms with Crippen LogP contribution in [0.15, 0.2) is 24.3 Å². The van der Waals surface area contributed by atoms with E-state index in [1.807, 2.05) is 13.8 Å². The third-order valence-electron chi connectivity index (χ3n) is 2.46. The van der Waals surface area contributed by atoms with Crippen molar-refractivity contribution >= 4 is 21.6 Å². The largest absolute Gasteiger partial charge is 0.399 e. The molecule has 4 N–H and O–H groups in total. The van der Waals surface area contributed by atoms with E-state index in [1.54, 1.807) is 24.3 Å². The summed E-state index contributed by atoms with van der Waals surface area (Å²) in [7, 11) is -3.44. The quantitative estimate of drug-likeness (QED) is 0.642. The van der Waals surface area contributed by atoms with Crippen LogP contribution in [-0.2, 0) is 20.6 Å². The average Bonchev–Trinajstić information content (AvgIpc) is 2.30. The number of nitrogens with one attached hydrogen (secondary N) is 2. The lowest BCUT2D eigenvalue weighted by atomic mass is 10.2. The number of rotatable bonds is 7. The zero-order valence-electron chi connectivity index (χ0n) is 11.7. The molecule has 0 heterocycles. The van der Waals surface area contributed by atoms with Gasteiger partial charge in [0.25, 0.3) is 0 Å². The first-order valence-corrected chi connectivity index (χ1v) is 8.05. The maximum Gasteiger partial charge on any atom is 0.221 e. The second-order valence-electron chi connectivity index (χ2n) is 4.87. The van der Waals surface area contributed by atoms with E-state index in [0.29, 0.717) is 11.3 Å². The molecule has 1 aromatic carbocycles. The molecule has 7 heteroatoms. The van der Waals surface area contributed by atoms with E-state index in [1.165, 1.54) is 0 Å². The first-order chi connectivity index (χ1) is 9.28. The summed E-state index contributed by atoms with van der Waals surface area (Å²) in [5.41, 5.74) is 6.77. The molecular weight excluding hydrogens is 278 g/mol. The average molecular weight is 299 g/mol. The molecule has 0 aromatic heterocycles. The number of carbonyl (C=O) groups is 1. The minimum absolute atomic E-state index is 0.0499. The second kappa shape index (κ2) is 7.25. The molecule has 1 aromatic rings. The predicted octanol–water partition coefficient (Wildman–Crippen LogP) is 0.603. The maximum atomic E-state index is 11.8. The molecule has 0 aliphatic heterocycles. The number of benzene rings is 1. The second-order valence-corrected chi connectivity index (χ2v) is 6.67. The normalized spacial score (nSPS) is 11.6. The minimum Gasteiger partial charge on any atom is -0.399 e. The molecule has 0 bridgehead atoms. The maximum absolute atomic E-state index is 11.8. The van der Waals surface area contributed by atoms with Crippen molar-refractivity contribution < 1.29 is 13.2 Å². The fourth-order valence-corrected chi connectivity index (χ4v) is 2.74. The Bertz CT molecular complexity index is 538. The summed E-state index contributed by atoms with van der Waals surface area (Å²) in [6.07, 6.45) is 0.124. The highest BCUT2D eigenvalue weighted by atomic mass is 32.2. The van der Waals surface area contributed by atoms with Crippen LogP contribution >= 0.6 is 0 Å². The van der Waals surface area contributed by atoms with Gasteiger partial charge in [-0.1, -0.05) is 12.1 Å². The molecular formula is C13H21N3O3S. The van der Waals surface area contributed by atoms with Gasteiger partial charge in [-0.05, 0) is 31.5 Å². The predicted molar refractivity (Wildman–Crippen MR) is 79.4 cm³/mol. The molecule has 0 unspecified atom stereocenters. The number of hydrogen-bond acceptors (Lipinski definition) is 4. The van der Waals surface area contributed by atoms with Crippen molar-refractivity contribution in [3.63, 3.8) is 0 Å². The first kappa shape index (κ1) is 16.5. The van der Waals surface area contributed by atoms with Gasteiger partial charge in [0.1, 0.15) is 0 Å². The van der Waals surface area contributed by atoms with Gasteiger partial charge in [-0.2, -0.15) is 0 Å². The van der Waals surface area contributed by atoms with Crippen molar-refractivity contribution in [1.29, 1.82) is 0 Å². The van der Waals surface area contributed by atoms with Gasteiger partial charge in [-0.15, -0.1) is 0 Å². The Labute approximate surface area is 119 Å². The number of amides is 1. The fourth-order valence-electron chi connectivity index (χ4n) is 1.60. The molecule has 1 amide bonds. The molecule has 0 aliphatic rings. The SMILES string of the molecule is CC(C)NC(=O)CCNS(=O)(=O)Cc1ccc(N)cc1. The van der Waals surface area contributed by atoms with Gasteiger partial charge >= 0.3 is 0 Å². The lowest BCUT2D eigenvalue weighted by molar-refractivity contribution is -0.121. The Morgan fingerprint density at radius 2 is 1.85 bits per heavy atom. The van der Waals surface area contributed by atoms with Gasteiger partial charge in [-0.3, -0.25) is 4.79 Å². The summed E-state index contributed by atoms with van der Waals surface area (Å²) in [4.78, 5) is 11.4. The Kier molecular flexibility index (Phi) is 5.97. The molecule has 6 nitrogen and oxygen atoms in total. The van der Waals surface area contributed by atoms with E-state index in [2.05, 4.69) is 10.0 Å². The summed E-state index contributed by atoms with van der Waals surface area (Å²) in [6, 6.07) is 6.69. The summed E-state index contributed by atoms with van der Waals surface area (Å²) >= 11 is 0. The number of anilines is 1. The molecule has 20 heavy (non-hydrogen) atoms. The molecule has 1 rings (SSSR count). The highest BCUT2D eigenvalue weighted by Gasteiger charge is 2.12. The van der Waals surface area contributed by atoms with Crippen LogP contribution in [0.1, 0.15) is 25.8 Å². The lowest BCUT2D eigenvalue weighted by Gasteiger charge is -2.09. The summed E-state index contributed by atoms with van der Waals surface area (Å²) in [5.74, 6) is -0.297. The fraction of sp³-hybridized carbons (Fsp3) is 0.462. The molecule has 0 fully saturated rings. The third-order valence-corrected chi connectivity index (χ3v) is 3.82. The van der Waals surface area contributed by atoms with Crippen molar-refractivity contribution in [2.75, 3.05) is 12.3 Å². The van der Waals surface area contributed by atoms with E-state index in [4.69, 9.17) is 5.73 Å².